The number of nitrogens with zero attached hydrogens (tertiary/aromatic N) is 2. The molecule has 0 radical (unpaired) electrons. The number of hydrogen-bond donors (Lipinski definition) is 1. The van der Waals surface area contributed by atoms with Gasteiger partial charge in [-0.2, -0.15) is 0 Å². The number of esters is 1. The van der Waals surface area contributed by atoms with E-state index in [0.717, 1.165) is 15.8 Å². The molecule has 0 spiro atoms. The maximum Gasteiger partial charge on any atom is 0.328 e. The van der Waals surface area contributed by atoms with Crippen LogP contribution in [-0.4, -0.2) is 42.6 Å². The second-order valence-electron chi connectivity index (χ2n) is 5.82. The minimum absolute atomic E-state index is 0. The Labute approximate surface area is 164 Å². The van der Waals surface area contributed by atoms with Crippen molar-refractivity contribution in [2.45, 2.75) is 39.8 Å². The summed E-state index contributed by atoms with van der Waals surface area (Å²) in [5, 5.41) is 3.17. The van der Waals surface area contributed by atoms with Crippen LogP contribution in [0.1, 0.15) is 32.6 Å². The second kappa shape index (κ2) is 10.4. The third-order valence-electron chi connectivity index (χ3n) is 2.50. The van der Waals surface area contributed by atoms with E-state index in [0.29, 0.717) is 12.5 Å². The van der Waals surface area contributed by atoms with Crippen molar-refractivity contribution >= 4 is 58.8 Å². The van der Waals surface area contributed by atoms with Gasteiger partial charge in [0, 0.05) is 18.5 Å². The van der Waals surface area contributed by atoms with Crippen LogP contribution in [0.15, 0.2) is 17.1 Å². The van der Waals surface area contributed by atoms with Crippen molar-refractivity contribution in [2.75, 3.05) is 20.1 Å². The predicted molar refractivity (Wildman–Crippen MR) is 108 cm³/mol. The summed E-state index contributed by atoms with van der Waals surface area (Å²) < 4.78 is 6.02. The number of aliphatic imine (C=N–C) groups is 1. The Bertz CT molecular complexity index is 529. The number of nitrogens with one attached hydrogen (secondary N) is 1. The van der Waals surface area contributed by atoms with Gasteiger partial charge < -0.3 is 15.0 Å². The maximum atomic E-state index is 11.8. The van der Waals surface area contributed by atoms with E-state index < -0.39 is 5.60 Å². The highest BCUT2D eigenvalue weighted by atomic mass is 127. The molecule has 1 rings (SSSR count). The lowest BCUT2D eigenvalue weighted by atomic mass is 10.2. The first kappa shape index (κ1) is 22.5. The monoisotopic (exact) mass is 473 g/mol. The molecule has 5 nitrogen and oxygen atoms in total. The first-order valence-electron chi connectivity index (χ1n) is 7.16. The molecule has 132 valence electrons. The highest BCUT2D eigenvalue weighted by molar-refractivity contribution is 14.0. The molecule has 1 aromatic rings. The highest BCUT2D eigenvalue weighted by Crippen LogP contribution is 2.22. The van der Waals surface area contributed by atoms with Crippen LogP contribution >= 0.6 is 46.9 Å². The quantitative estimate of drug-likeness (QED) is 0.306. The Morgan fingerprint density at radius 1 is 1.43 bits per heavy atom. The van der Waals surface area contributed by atoms with E-state index >= 15 is 0 Å². The highest BCUT2D eigenvalue weighted by Gasteiger charge is 2.16. The number of carbonyl (C=O) groups excluding carboxylic acids is 1. The minimum Gasteiger partial charge on any atom is -0.459 e. The molecule has 0 saturated heterocycles. The van der Waals surface area contributed by atoms with Gasteiger partial charge in [-0.3, -0.25) is 4.79 Å². The number of hydrogen-bond acceptors (Lipinski definition) is 4. The fourth-order valence-electron chi connectivity index (χ4n) is 1.73. The molecule has 0 amide bonds. The molecule has 0 aliphatic heterocycles. The molecule has 1 N–H and O–H groups in total. The number of rotatable bonds is 5. The van der Waals surface area contributed by atoms with E-state index in [1.807, 2.05) is 51.8 Å². The average Bonchev–Trinajstić information content (AvgIpc) is 2.77. The van der Waals surface area contributed by atoms with Gasteiger partial charge in [-0.15, -0.1) is 35.3 Å². The maximum absolute atomic E-state index is 11.8. The molecule has 8 heteroatoms. The van der Waals surface area contributed by atoms with Crippen LogP contribution in [0.2, 0.25) is 4.34 Å². The topological polar surface area (TPSA) is 53.9 Å². The molecule has 23 heavy (non-hydrogen) atoms. The fourth-order valence-corrected chi connectivity index (χ4v) is 2.87. The molecular weight excluding hydrogens is 449 g/mol. The van der Waals surface area contributed by atoms with Crippen LogP contribution in [-0.2, 0) is 16.1 Å². The summed E-state index contributed by atoms with van der Waals surface area (Å²) >= 11 is 7.47. The summed E-state index contributed by atoms with van der Waals surface area (Å²) in [7, 11) is 1.92. The predicted octanol–water partition coefficient (Wildman–Crippen LogP) is 3.76. The Kier molecular flexibility index (Phi) is 10.1. The van der Waals surface area contributed by atoms with Crippen molar-refractivity contribution in [3.63, 3.8) is 0 Å². The van der Waals surface area contributed by atoms with Crippen LogP contribution in [0.5, 0.6) is 0 Å². The molecule has 0 unspecified atom stereocenters. The van der Waals surface area contributed by atoms with Crippen LogP contribution in [0.25, 0.3) is 0 Å². The molecular formula is C15H25ClIN3O2S. The van der Waals surface area contributed by atoms with E-state index in [1.165, 1.54) is 11.3 Å². The van der Waals surface area contributed by atoms with Crippen LogP contribution in [0.3, 0.4) is 0 Å². The lowest BCUT2D eigenvalue weighted by Gasteiger charge is -2.22. The molecule has 1 aromatic heterocycles. The summed E-state index contributed by atoms with van der Waals surface area (Å²) in [6.07, 6.45) is 0. The number of carbonyl (C=O) groups is 1. The van der Waals surface area contributed by atoms with Gasteiger partial charge in [0.2, 0.25) is 0 Å². The molecule has 0 bridgehead atoms. The number of ether oxygens (including phenoxy) is 1. The Balaban J connectivity index is 0.00000484. The van der Waals surface area contributed by atoms with E-state index in [-0.39, 0.29) is 36.5 Å². The third kappa shape index (κ3) is 9.36. The molecule has 0 saturated carbocycles. The van der Waals surface area contributed by atoms with Gasteiger partial charge in [-0.05, 0) is 39.8 Å². The molecule has 0 atom stereocenters. The molecule has 0 aliphatic rings. The molecule has 1 heterocycles. The van der Waals surface area contributed by atoms with Gasteiger partial charge in [0.1, 0.15) is 12.1 Å². The van der Waals surface area contributed by atoms with Crippen molar-refractivity contribution in [1.82, 2.24) is 10.2 Å². The third-order valence-corrected chi connectivity index (χ3v) is 3.71. The molecule has 0 fully saturated rings. The van der Waals surface area contributed by atoms with E-state index in [4.69, 9.17) is 16.3 Å². The summed E-state index contributed by atoms with van der Waals surface area (Å²) in [5.41, 5.74) is -0.495. The minimum atomic E-state index is -0.495. The van der Waals surface area contributed by atoms with Crippen molar-refractivity contribution in [1.29, 1.82) is 0 Å². The van der Waals surface area contributed by atoms with Gasteiger partial charge in [0.25, 0.3) is 0 Å². The fraction of sp³-hybridized carbons (Fsp3) is 0.600. The number of thiophene rings is 1. The second-order valence-corrected chi connectivity index (χ2v) is 7.62. The zero-order valence-electron chi connectivity index (χ0n) is 14.2. The van der Waals surface area contributed by atoms with Gasteiger partial charge in [-0.1, -0.05) is 11.6 Å². The SMILES string of the molecule is CCNC(=NCC(=O)OC(C)(C)C)N(C)Cc1ccc(Cl)s1.I. The summed E-state index contributed by atoms with van der Waals surface area (Å²) in [4.78, 5) is 19.2. The summed E-state index contributed by atoms with van der Waals surface area (Å²) in [5.74, 6) is 0.327. The average molecular weight is 474 g/mol. The lowest BCUT2D eigenvalue weighted by Crippen LogP contribution is -2.39. The normalized spacial score (nSPS) is 11.7. The van der Waals surface area contributed by atoms with E-state index in [2.05, 4.69) is 10.3 Å². The zero-order chi connectivity index (χ0) is 16.8. The Hall–Kier alpha value is -0.540. The first-order chi connectivity index (χ1) is 10.2. The first-order valence-corrected chi connectivity index (χ1v) is 8.36. The van der Waals surface area contributed by atoms with Crippen molar-refractivity contribution in [3.05, 3.63) is 21.3 Å². The molecule has 0 aliphatic carbocycles. The van der Waals surface area contributed by atoms with Crippen LogP contribution in [0.4, 0.5) is 0 Å². The summed E-state index contributed by atoms with van der Waals surface area (Å²) in [6.45, 7) is 8.90. The Morgan fingerprint density at radius 3 is 2.57 bits per heavy atom. The van der Waals surface area contributed by atoms with Gasteiger partial charge in [-0.25, -0.2) is 4.99 Å². The van der Waals surface area contributed by atoms with Crippen LogP contribution in [0, 0.1) is 0 Å². The summed E-state index contributed by atoms with van der Waals surface area (Å²) in [6, 6.07) is 3.86. The van der Waals surface area contributed by atoms with Gasteiger partial charge in [0.15, 0.2) is 5.96 Å². The van der Waals surface area contributed by atoms with Crippen molar-refractivity contribution < 1.29 is 9.53 Å². The van der Waals surface area contributed by atoms with Crippen molar-refractivity contribution in [3.8, 4) is 0 Å². The van der Waals surface area contributed by atoms with Crippen molar-refractivity contribution in [2.24, 2.45) is 4.99 Å². The van der Waals surface area contributed by atoms with Gasteiger partial charge >= 0.3 is 5.97 Å². The largest absolute Gasteiger partial charge is 0.459 e. The Morgan fingerprint density at radius 2 is 2.09 bits per heavy atom. The lowest BCUT2D eigenvalue weighted by molar-refractivity contribution is -0.152. The standard InChI is InChI=1S/C15H24ClN3O2S.HI/c1-6-17-14(18-9-13(20)21-15(2,3)4)19(5)10-11-7-8-12(16)22-11;/h7-8H,6,9-10H2,1-5H3,(H,17,18);1H. The number of halogens is 2. The smallest absolute Gasteiger partial charge is 0.328 e. The van der Waals surface area contributed by atoms with Crippen LogP contribution < -0.4 is 5.32 Å². The number of guanidine groups is 1. The van der Waals surface area contributed by atoms with E-state index in [1.54, 1.807) is 0 Å². The van der Waals surface area contributed by atoms with Gasteiger partial charge in [0.05, 0.1) is 10.9 Å². The van der Waals surface area contributed by atoms with E-state index in [9.17, 15) is 4.79 Å². The zero-order valence-corrected chi connectivity index (χ0v) is 18.1. The molecule has 0 aromatic carbocycles.